The third-order valence-electron chi connectivity index (χ3n) is 3.30. The minimum atomic E-state index is -3.61. The van der Waals surface area contributed by atoms with Gasteiger partial charge in [-0.3, -0.25) is 15.1 Å². The number of alkyl halides is 1. The lowest BCUT2D eigenvalue weighted by Crippen LogP contribution is -2.19. The summed E-state index contributed by atoms with van der Waals surface area (Å²) in [7, 11) is -3.61. The van der Waals surface area contributed by atoms with Crippen LogP contribution in [-0.4, -0.2) is 29.5 Å². The van der Waals surface area contributed by atoms with Crippen LogP contribution in [0, 0.1) is 10.1 Å². The number of rotatable bonds is 5. The zero-order valence-corrected chi connectivity index (χ0v) is 12.8. The fraction of sp³-hybridized carbons (Fsp3) is 0.308. The van der Waals surface area contributed by atoms with Gasteiger partial charge >= 0.3 is 0 Å². The van der Waals surface area contributed by atoms with E-state index in [1.807, 2.05) is 0 Å². The minimum Gasteiger partial charge on any atom is -0.264 e. The van der Waals surface area contributed by atoms with Gasteiger partial charge in [-0.1, -0.05) is 0 Å². The number of hydrogen-bond donors (Lipinski definition) is 0. The highest BCUT2D eigenvalue weighted by Gasteiger charge is 2.27. The number of non-ortho nitro benzene ring substituents is 1. The summed E-state index contributed by atoms with van der Waals surface area (Å²) in [6, 6.07) is 3.95. The van der Waals surface area contributed by atoms with Gasteiger partial charge < -0.3 is 0 Å². The van der Waals surface area contributed by atoms with Crippen molar-refractivity contribution in [2.24, 2.45) is 0 Å². The molecular weight excluding hydrogens is 316 g/mol. The Balaban J connectivity index is 2.72. The van der Waals surface area contributed by atoms with Crippen LogP contribution in [-0.2, 0) is 9.84 Å². The Morgan fingerprint density at radius 2 is 2.05 bits per heavy atom. The molecule has 0 fully saturated rings. The highest BCUT2D eigenvalue weighted by Crippen LogP contribution is 2.32. The van der Waals surface area contributed by atoms with Crippen molar-refractivity contribution >= 4 is 37.9 Å². The molecule has 1 aromatic carbocycles. The van der Waals surface area contributed by atoms with Crippen LogP contribution in [0.3, 0.4) is 0 Å². The second-order valence-corrected chi connectivity index (χ2v) is 7.31. The molecule has 1 unspecified atom stereocenters. The second kappa shape index (κ2) is 5.95. The molecule has 112 valence electrons. The number of pyridine rings is 1. The van der Waals surface area contributed by atoms with Gasteiger partial charge in [0.05, 0.1) is 20.5 Å². The molecule has 0 N–H and O–H groups in total. The third-order valence-corrected chi connectivity index (χ3v) is 5.79. The maximum atomic E-state index is 12.6. The summed E-state index contributed by atoms with van der Waals surface area (Å²) in [5.41, 5.74) is -0.165. The molecule has 0 saturated carbocycles. The van der Waals surface area contributed by atoms with E-state index < -0.39 is 20.0 Å². The number of fused-ring (bicyclic) bond motifs is 1. The molecule has 0 spiro atoms. The second-order valence-electron chi connectivity index (χ2n) is 4.59. The topological polar surface area (TPSA) is 90.2 Å². The summed E-state index contributed by atoms with van der Waals surface area (Å²) in [6.07, 6.45) is 3.03. The quantitative estimate of drug-likeness (QED) is 0.478. The van der Waals surface area contributed by atoms with Crippen molar-refractivity contribution in [3.05, 3.63) is 40.7 Å². The summed E-state index contributed by atoms with van der Waals surface area (Å²) in [5, 5.41) is 10.9. The first-order valence-corrected chi connectivity index (χ1v) is 8.28. The number of halogens is 1. The number of nitro benzene ring substituents is 1. The number of nitrogens with zero attached hydrogens (tertiary/aromatic N) is 2. The van der Waals surface area contributed by atoms with Gasteiger partial charge in [-0.2, -0.15) is 0 Å². The van der Waals surface area contributed by atoms with Crippen molar-refractivity contribution in [1.29, 1.82) is 0 Å². The summed E-state index contributed by atoms with van der Waals surface area (Å²) < 4.78 is 25.1. The van der Waals surface area contributed by atoms with Gasteiger partial charge in [0, 0.05) is 29.7 Å². The molecule has 8 heteroatoms. The van der Waals surface area contributed by atoms with Crippen LogP contribution >= 0.6 is 11.6 Å². The Morgan fingerprint density at radius 1 is 1.33 bits per heavy atom. The maximum absolute atomic E-state index is 12.6. The molecule has 0 aliphatic rings. The van der Waals surface area contributed by atoms with E-state index >= 15 is 0 Å². The van der Waals surface area contributed by atoms with Crippen molar-refractivity contribution < 1.29 is 13.3 Å². The third kappa shape index (κ3) is 2.84. The van der Waals surface area contributed by atoms with E-state index in [-0.39, 0.29) is 21.8 Å². The van der Waals surface area contributed by atoms with Crippen LogP contribution < -0.4 is 0 Å². The van der Waals surface area contributed by atoms with E-state index in [2.05, 4.69) is 4.98 Å². The number of benzene rings is 1. The van der Waals surface area contributed by atoms with Crippen LogP contribution in [0.2, 0.25) is 0 Å². The summed E-state index contributed by atoms with van der Waals surface area (Å²) in [6.45, 7) is 1.58. The van der Waals surface area contributed by atoms with Crippen molar-refractivity contribution in [1.82, 2.24) is 4.98 Å². The molecule has 0 saturated heterocycles. The smallest absolute Gasteiger partial charge is 0.264 e. The molecule has 1 heterocycles. The summed E-state index contributed by atoms with van der Waals surface area (Å²) >= 11 is 5.61. The maximum Gasteiger partial charge on any atom is 0.278 e. The molecule has 1 aromatic heterocycles. The average Bonchev–Trinajstić information content (AvgIpc) is 2.46. The molecule has 21 heavy (non-hydrogen) atoms. The van der Waals surface area contributed by atoms with Gasteiger partial charge in [-0.25, -0.2) is 8.42 Å². The van der Waals surface area contributed by atoms with Crippen molar-refractivity contribution in [2.75, 3.05) is 5.88 Å². The normalized spacial score (nSPS) is 13.2. The molecule has 0 aliphatic heterocycles. The van der Waals surface area contributed by atoms with Crippen LogP contribution in [0.5, 0.6) is 0 Å². The number of aromatic nitrogens is 1. The molecule has 6 nitrogen and oxygen atoms in total. The van der Waals surface area contributed by atoms with Crippen molar-refractivity contribution in [3.8, 4) is 0 Å². The summed E-state index contributed by atoms with van der Waals surface area (Å²) in [4.78, 5) is 14.4. The first kappa shape index (κ1) is 15.7. The molecule has 0 amide bonds. The van der Waals surface area contributed by atoms with E-state index in [1.54, 1.807) is 6.92 Å². The SMILES string of the molecule is CC(CCCl)S(=O)(=O)c1ccc([N+](=O)[O-])c2cnccc12. The fourth-order valence-corrected chi connectivity index (χ4v) is 4.14. The molecule has 0 bridgehead atoms. The highest BCUT2D eigenvalue weighted by atomic mass is 35.5. The van der Waals surface area contributed by atoms with E-state index in [1.165, 1.54) is 30.6 Å². The van der Waals surface area contributed by atoms with Gasteiger partial charge in [0.2, 0.25) is 0 Å². The number of sulfone groups is 1. The lowest BCUT2D eigenvalue weighted by atomic mass is 10.1. The first-order valence-electron chi connectivity index (χ1n) is 6.20. The fourth-order valence-electron chi connectivity index (χ4n) is 2.08. The van der Waals surface area contributed by atoms with Crippen LogP contribution in [0.15, 0.2) is 35.5 Å². The van der Waals surface area contributed by atoms with Gasteiger partial charge in [-0.15, -0.1) is 11.6 Å². The zero-order valence-electron chi connectivity index (χ0n) is 11.2. The van der Waals surface area contributed by atoms with Crippen LogP contribution in [0.25, 0.3) is 10.8 Å². The van der Waals surface area contributed by atoms with E-state index in [0.717, 1.165) is 0 Å². The van der Waals surface area contributed by atoms with Gasteiger partial charge in [0.1, 0.15) is 0 Å². The lowest BCUT2D eigenvalue weighted by molar-refractivity contribution is -0.383. The molecule has 0 radical (unpaired) electrons. The average molecular weight is 329 g/mol. The van der Waals surface area contributed by atoms with Gasteiger partial charge in [-0.05, 0) is 25.5 Å². The van der Waals surface area contributed by atoms with Crippen molar-refractivity contribution in [3.63, 3.8) is 0 Å². The van der Waals surface area contributed by atoms with Crippen LogP contribution in [0.1, 0.15) is 13.3 Å². The molecule has 2 aromatic rings. The Morgan fingerprint density at radius 3 is 2.67 bits per heavy atom. The molecule has 0 aliphatic carbocycles. The van der Waals surface area contributed by atoms with E-state index in [4.69, 9.17) is 11.6 Å². The van der Waals surface area contributed by atoms with E-state index in [0.29, 0.717) is 11.8 Å². The Bertz CT molecular complexity index is 792. The van der Waals surface area contributed by atoms with Crippen molar-refractivity contribution in [2.45, 2.75) is 23.5 Å². The molecule has 1 atom stereocenters. The lowest BCUT2D eigenvalue weighted by Gasteiger charge is -2.13. The first-order chi connectivity index (χ1) is 9.89. The largest absolute Gasteiger partial charge is 0.278 e. The number of nitro groups is 1. The highest BCUT2D eigenvalue weighted by molar-refractivity contribution is 7.92. The molecular formula is C13H13ClN2O4S. The molecule has 2 rings (SSSR count). The predicted octanol–water partition coefficient (Wildman–Crippen LogP) is 2.93. The minimum absolute atomic E-state index is 0.0723. The Kier molecular flexibility index (Phi) is 4.43. The number of hydrogen-bond acceptors (Lipinski definition) is 5. The Hall–Kier alpha value is -1.73. The van der Waals surface area contributed by atoms with Crippen LogP contribution in [0.4, 0.5) is 5.69 Å². The standard InChI is InChI=1S/C13H13ClN2O4S/c1-9(4-6-14)21(19,20)13-3-2-12(16(17)18)11-8-15-7-5-10(11)13/h2-3,5,7-9H,4,6H2,1H3. The predicted molar refractivity (Wildman–Crippen MR) is 80.4 cm³/mol. The Labute approximate surface area is 126 Å². The zero-order chi connectivity index (χ0) is 15.6. The van der Waals surface area contributed by atoms with Gasteiger partial charge in [0.15, 0.2) is 9.84 Å². The summed E-state index contributed by atoms with van der Waals surface area (Å²) in [5.74, 6) is 0.229. The van der Waals surface area contributed by atoms with Gasteiger partial charge in [0.25, 0.3) is 5.69 Å². The monoisotopic (exact) mass is 328 g/mol. The van der Waals surface area contributed by atoms with E-state index in [9.17, 15) is 18.5 Å².